The number of anilines is 1. The number of hydrogen-bond donors (Lipinski definition) is 3. The Morgan fingerprint density at radius 3 is 2.62 bits per heavy atom. The molecule has 2 aromatic rings. The first-order valence-electron chi connectivity index (χ1n) is 5.46. The lowest BCUT2D eigenvalue weighted by Crippen LogP contribution is -2.16. The molecule has 3 N–H and O–H groups in total. The van der Waals surface area contributed by atoms with Gasteiger partial charge in [0.2, 0.25) is 0 Å². The zero-order valence-electron chi connectivity index (χ0n) is 10.5. The van der Waals surface area contributed by atoms with Gasteiger partial charge in [0.05, 0.1) is 11.3 Å². The molecule has 1 aromatic heterocycles. The van der Waals surface area contributed by atoms with E-state index in [1.54, 1.807) is 0 Å². The number of aromatic amines is 1. The second kappa shape index (κ2) is 5.62. The maximum atomic E-state index is 12.3. The van der Waals surface area contributed by atoms with Gasteiger partial charge < -0.3 is 10.1 Å². The number of carboxylic acid groups (broad SMARTS) is 1. The smallest absolute Gasteiger partial charge is 0.337 e. The van der Waals surface area contributed by atoms with E-state index in [2.05, 4.69) is 25.6 Å². The van der Waals surface area contributed by atoms with Gasteiger partial charge in [-0.3, -0.25) is 9.52 Å². The molecule has 0 aliphatic carbocycles. The number of carboxylic acids is 1. The van der Waals surface area contributed by atoms with Crippen molar-refractivity contribution in [2.45, 2.75) is 11.1 Å². The molecule has 7 nitrogen and oxygen atoms in total. The van der Waals surface area contributed by atoms with Gasteiger partial charge in [0.15, 0.2) is 4.21 Å². The molecule has 1 aromatic carbocycles. The van der Waals surface area contributed by atoms with Gasteiger partial charge in [0.25, 0.3) is 10.0 Å². The van der Waals surface area contributed by atoms with Crippen molar-refractivity contribution in [1.29, 1.82) is 0 Å². The molecule has 0 radical (unpaired) electrons. The number of benzene rings is 1. The van der Waals surface area contributed by atoms with Crippen LogP contribution in [0.25, 0.3) is 0 Å². The number of nitrogens with one attached hydrogen (secondary N) is 2. The monoisotopic (exact) mass is 392 g/mol. The lowest BCUT2D eigenvalue weighted by Gasteiger charge is -2.11. The van der Waals surface area contributed by atoms with Crippen molar-refractivity contribution in [3.63, 3.8) is 0 Å². The van der Waals surface area contributed by atoms with E-state index in [4.69, 9.17) is 5.11 Å². The first-order valence-corrected chi connectivity index (χ1v) is 8.56. The van der Waals surface area contributed by atoms with Crippen LogP contribution in [-0.2, 0) is 10.0 Å². The third-order valence-electron chi connectivity index (χ3n) is 2.51. The lowest BCUT2D eigenvalue weighted by molar-refractivity contribution is 0.0698. The van der Waals surface area contributed by atoms with Gasteiger partial charge in [-0.15, -0.1) is 0 Å². The number of para-hydroxylation sites is 1. The summed E-state index contributed by atoms with van der Waals surface area (Å²) in [6.45, 7) is 1.45. The molecule has 112 valence electrons. The van der Waals surface area contributed by atoms with Gasteiger partial charge in [-0.2, -0.15) is 0 Å². The van der Waals surface area contributed by atoms with Crippen LogP contribution in [0.3, 0.4) is 0 Å². The van der Waals surface area contributed by atoms with Crippen LogP contribution in [0.4, 0.5) is 5.69 Å². The van der Waals surface area contributed by atoms with Crippen molar-refractivity contribution in [2.75, 3.05) is 4.72 Å². The number of sulfonamides is 1. The molecule has 1 heterocycles. The average Bonchev–Trinajstić information content (AvgIpc) is 2.71. The first-order chi connectivity index (χ1) is 9.72. The number of aryl methyl sites for hydroxylation is 1. The van der Waals surface area contributed by atoms with Crippen molar-refractivity contribution < 1.29 is 18.3 Å². The van der Waals surface area contributed by atoms with E-state index in [1.165, 1.54) is 25.1 Å². The van der Waals surface area contributed by atoms with Crippen LogP contribution in [0.5, 0.6) is 0 Å². The highest BCUT2D eigenvalue weighted by Gasteiger charge is 2.24. The second-order valence-electron chi connectivity index (χ2n) is 4.00. The van der Waals surface area contributed by atoms with Crippen LogP contribution in [0.15, 0.2) is 31.7 Å². The second-order valence-corrected chi connectivity index (χ2v) is 7.72. The van der Waals surface area contributed by atoms with Crippen molar-refractivity contribution in [1.82, 2.24) is 4.98 Å². The minimum Gasteiger partial charge on any atom is -0.478 e. The van der Waals surface area contributed by atoms with E-state index in [0.717, 1.165) is 0 Å². The Hall–Kier alpha value is -1.65. The highest BCUT2D eigenvalue weighted by atomic mass is 79.9. The molecule has 0 saturated carbocycles. The molecule has 0 aliphatic heterocycles. The number of aromatic nitrogens is 1. The highest BCUT2D eigenvalue weighted by Crippen LogP contribution is 2.30. The lowest BCUT2D eigenvalue weighted by atomic mass is 10.2. The topological polar surface area (TPSA) is 116 Å². The number of H-pyrrole nitrogens is 1. The molecule has 0 unspecified atom stereocenters. The summed E-state index contributed by atoms with van der Waals surface area (Å²) >= 11 is 3.64. The summed E-state index contributed by atoms with van der Waals surface area (Å²) in [7, 11) is -4.06. The molecule has 0 aliphatic rings. The quantitative estimate of drug-likeness (QED) is 0.735. The van der Waals surface area contributed by atoms with Crippen LogP contribution in [0.2, 0.25) is 0 Å². The van der Waals surface area contributed by atoms with Crippen molar-refractivity contribution >= 4 is 48.9 Å². The van der Waals surface area contributed by atoms with E-state index in [1.807, 2.05) is 0 Å². The van der Waals surface area contributed by atoms with Gasteiger partial charge in [-0.1, -0.05) is 17.4 Å². The Bertz CT molecular complexity index is 869. The summed E-state index contributed by atoms with van der Waals surface area (Å²) in [6, 6.07) is 4.26. The van der Waals surface area contributed by atoms with Crippen LogP contribution in [0, 0.1) is 6.92 Å². The van der Waals surface area contributed by atoms with Gasteiger partial charge in [0, 0.05) is 10.2 Å². The van der Waals surface area contributed by atoms with Crippen LogP contribution in [-0.4, -0.2) is 24.5 Å². The van der Waals surface area contributed by atoms with Crippen molar-refractivity contribution in [3.8, 4) is 0 Å². The molecule has 0 spiro atoms. The van der Waals surface area contributed by atoms with E-state index >= 15 is 0 Å². The van der Waals surface area contributed by atoms with Gasteiger partial charge in [0.1, 0.15) is 0 Å². The number of rotatable bonds is 4. The number of hydrogen-bond acceptors (Lipinski definition) is 5. The van der Waals surface area contributed by atoms with Crippen molar-refractivity contribution in [3.05, 3.63) is 43.6 Å². The molecule has 2 rings (SSSR count). The maximum absolute atomic E-state index is 12.3. The molecule has 0 saturated heterocycles. The predicted octanol–water partition coefficient (Wildman–Crippen LogP) is 2.01. The molecule has 10 heteroatoms. The summed E-state index contributed by atoms with van der Waals surface area (Å²) in [4.78, 5) is 24.2. The Labute approximate surface area is 131 Å². The normalized spacial score (nSPS) is 11.3. The Morgan fingerprint density at radius 1 is 1.43 bits per heavy atom. The third kappa shape index (κ3) is 3.17. The minimum atomic E-state index is -4.06. The van der Waals surface area contributed by atoms with Gasteiger partial charge in [-0.05, 0) is 35.0 Å². The Morgan fingerprint density at radius 2 is 2.10 bits per heavy atom. The fourth-order valence-corrected chi connectivity index (χ4v) is 4.63. The van der Waals surface area contributed by atoms with E-state index in [9.17, 15) is 18.0 Å². The Kier molecular flexibility index (Phi) is 4.21. The maximum Gasteiger partial charge on any atom is 0.337 e. The zero-order valence-corrected chi connectivity index (χ0v) is 13.7. The van der Waals surface area contributed by atoms with Crippen LogP contribution >= 0.6 is 27.3 Å². The molecular weight excluding hydrogens is 384 g/mol. The summed E-state index contributed by atoms with van der Waals surface area (Å²) in [6.07, 6.45) is 0. The molecular formula is C11H9BrN2O5S2. The fraction of sp³-hybridized carbons (Fsp3) is 0.0909. The summed E-state index contributed by atoms with van der Waals surface area (Å²) < 4.78 is 26.9. The first kappa shape index (κ1) is 15.7. The highest BCUT2D eigenvalue weighted by molar-refractivity contribution is 9.10. The summed E-state index contributed by atoms with van der Waals surface area (Å²) in [5.41, 5.74) is -0.0971. The summed E-state index contributed by atoms with van der Waals surface area (Å²) in [5, 5.41) is 9.11. The van der Waals surface area contributed by atoms with Crippen LogP contribution < -0.4 is 9.60 Å². The largest absolute Gasteiger partial charge is 0.478 e. The minimum absolute atomic E-state index is 0.0924. The van der Waals surface area contributed by atoms with Crippen LogP contribution in [0.1, 0.15) is 16.1 Å². The third-order valence-corrected chi connectivity index (χ3v) is 6.12. The molecule has 0 amide bonds. The standard InChI is InChI=1S/C11H9BrN2O5S2/c1-5-10(20-11(17)13-5)21(18,19)14-8-6(9(15)16)3-2-4-7(8)12/h2-4,14H,1H3,(H,13,17)(H,15,16). The van der Waals surface area contributed by atoms with E-state index in [-0.39, 0.29) is 25.6 Å². The van der Waals surface area contributed by atoms with E-state index < -0.39 is 20.9 Å². The molecule has 0 atom stereocenters. The molecule has 0 bridgehead atoms. The predicted molar refractivity (Wildman–Crippen MR) is 81.6 cm³/mol. The number of thiazole rings is 1. The summed E-state index contributed by atoms with van der Waals surface area (Å²) in [5.74, 6) is -1.27. The Balaban J connectivity index is 2.54. The SMILES string of the molecule is Cc1[nH]c(=O)sc1S(=O)(=O)Nc1c(Br)cccc1C(=O)O. The molecule has 21 heavy (non-hydrogen) atoms. The number of halogens is 1. The van der Waals surface area contributed by atoms with E-state index in [0.29, 0.717) is 11.3 Å². The average molecular weight is 393 g/mol. The van der Waals surface area contributed by atoms with Gasteiger partial charge >= 0.3 is 10.8 Å². The number of aromatic carboxylic acids is 1. The zero-order chi connectivity index (χ0) is 15.8. The number of carbonyl (C=O) groups is 1. The van der Waals surface area contributed by atoms with Crippen molar-refractivity contribution in [2.24, 2.45) is 0 Å². The van der Waals surface area contributed by atoms with Gasteiger partial charge in [-0.25, -0.2) is 13.2 Å². The fourth-order valence-electron chi connectivity index (χ4n) is 1.63. The molecule has 0 fully saturated rings.